The minimum atomic E-state index is -4.38. The first-order chi connectivity index (χ1) is 15.7. The van der Waals surface area contributed by atoms with E-state index in [1.54, 1.807) is 6.21 Å². The number of hydrogen-bond acceptors (Lipinski definition) is 6. The molecule has 0 spiro atoms. The zero-order valence-corrected chi connectivity index (χ0v) is 18.5. The Labute approximate surface area is 191 Å². The first kappa shape index (κ1) is 23.1. The number of rotatable bonds is 7. The van der Waals surface area contributed by atoms with Crippen molar-refractivity contribution in [2.24, 2.45) is 10.7 Å². The molecule has 2 aromatic rings. The van der Waals surface area contributed by atoms with E-state index in [4.69, 9.17) is 10.5 Å². The standard InChI is InChI=1S/C24H28F3N5O/c1-17-16-29-24(28,31-22(17)30-20-8-4-18(5-9-20)23(25,26)27)19-6-10-21(11-7-19)33-15-14-32-12-2-3-13-32/h4-11,16,30-31H,2-3,12-15,28H2,1H3. The van der Waals surface area contributed by atoms with Crippen LogP contribution in [0.1, 0.15) is 30.9 Å². The van der Waals surface area contributed by atoms with E-state index in [0.29, 0.717) is 18.1 Å². The van der Waals surface area contributed by atoms with E-state index in [0.717, 1.165) is 48.7 Å². The fraction of sp³-hybridized carbons (Fsp3) is 0.375. The molecule has 6 nitrogen and oxygen atoms in total. The molecule has 2 heterocycles. The third kappa shape index (κ3) is 5.66. The van der Waals surface area contributed by atoms with Crippen LogP contribution in [0, 0.1) is 0 Å². The third-order valence-electron chi connectivity index (χ3n) is 5.82. The molecule has 2 aliphatic rings. The quantitative estimate of drug-likeness (QED) is 0.577. The summed E-state index contributed by atoms with van der Waals surface area (Å²) in [6.07, 6.45) is -0.224. The van der Waals surface area contributed by atoms with Gasteiger partial charge in [-0.25, -0.2) is 4.99 Å². The number of likely N-dealkylation sites (tertiary alicyclic amines) is 1. The minimum Gasteiger partial charge on any atom is -0.492 e. The molecule has 1 saturated heterocycles. The molecule has 0 saturated carbocycles. The van der Waals surface area contributed by atoms with Crippen LogP contribution in [-0.4, -0.2) is 37.4 Å². The van der Waals surface area contributed by atoms with Crippen LogP contribution in [0.4, 0.5) is 18.9 Å². The second-order valence-corrected chi connectivity index (χ2v) is 8.33. The fourth-order valence-corrected chi connectivity index (χ4v) is 3.85. The molecule has 0 radical (unpaired) electrons. The van der Waals surface area contributed by atoms with Gasteiger partial charge in [0, 0.05) is 29.6 Å². The van der Waals surface area contributed by atoms with Crippen LogP contribution in [0.3, 0.4) is 0 Å². The molecular weight excluding hydrogens is 431 g/mol. The molecule has 9 heteroatoms. The van der Waals surface area contributed by atoms with Gasteiger partial charge in [-0.2, -0.15) is 13.2 Å². The molecular formula is C24H28F3N5O. The van der Waals surface area contributed by atoms with Gasteiger partial charge >= 0.3 is 6.18 Å². The topological polar surface area (TPSA) is 74.9 Å². The van der Waals surface area contributed by atoms with Crippen molar-refractivity contribution in [3.8, 4) is 5.75 Å². The number of nitrogens with two attached hydrogens (primary N) is 1. The Kier molecular flexibility index (Phi) is 6.62. The Balaban J connectivity index is 1.39. The Morgan fingerprint density at radius 3 is 2.39 bits per heavy atom. The van der Waals surface area contributed by atoms with Gasteiger partial charge in [-0.05, 0) is 81.4 Å². The van der Waals surface area contributed by atoms with E-state index >= 15 is 0 Å². The van der Waals surface area contributed by atoms with E-state index in [9.17, 15) is 13.2 Å². The smallest absolute Gasteiger partial charge is 0.416 e. The summed E-state index contributed by atoms with van der Waals surface area (Å²) in [5.74, 6) is 0.108. The van der Waals surface area contributed by atoms with Crippen molar-refractivity contribution in [3.63, 3.8) is 0 Å². The monoisotopic (exact) mass is 459 g/mol. The van der Waals surface area contributed by atoms with Crippen LogP contribution in [0.2, 0.25) is 0 Å². The maximum Gasteiger partial charge on any atom is 0.416 e. The lowest BCUT2D eigenvalue weighted by molar-refractivity contribution is -0.137. The number of anilines is 1. The van der Waals surface area contributed by atoms with Gasteiger partial charge in [0.15, 0.2) is 0 Å². The molecule has 4 rings (SSSR count). The molecule has 2 aromatic carbocycles. The number of halogens is 3. The van der Waals surface area contributed by atoms with E-state index in [1.165, 1.54) is 25.0 Å². The van der Waals surface area contributed by atoms with Crippen LogP contribution >= 0.6 is 0 Å². The maximum atomic E-state index is 12.8. The van der Waals surface area contributed by atoms with E-state index in [1.807, 2.05) is 31.2 Å². The Morgan fingerprint density at radius 2 is 1.76 bits per heavy atom. The molecule has 0 bridgehead atoms. The summed E-state index contributed by atoms with van der Waals surface area (Å²) < 4.78 is 44.3. The molecule has 4 N–H and O–H groups in total. The molecule has 1 unspecified atom stereocenters. The van der Waals surface area contributed by atoms with Gasteiger partial charge in [-0.3, -0.25) is 10.6 Å². The van der Waals surface area contributed by atoms with E-state index in [2.05, 4.69) is 20.5 Å². The number of benzene rings is 2. The van der Waals surface area contributed by atoms with Gasteiger partial charge in [0.25, 0.3) is 0 Å². The van der Waals surface area contributed by atoms with Crippen molar-refractivity contribution in [2.75, 3.05) is 31.6 Å². The van der Waals surface area contributed by atoms with Gasteiger partial charge in [-0.1, -0.05) is 0 Å². The number of allylic oxidation sites excluding steroid dienone is 1. The zero-order valence-electron chi connectivity index (χ0n) is 18.5. The largest absolute Gasteiger partial charge is 0.492 e. The molecule has 176 valence electrons. The molecule has 33 heavy (non-hydrogen) atoms. The minimum absolute atomic E-state index is 0.504. The lowest BCUT2D eigenvalue weighted by Crippen LogP contribution is -2.51. The molecule has 0 aromatic heterocycles. The predicted octanol–water partition coefficient (Wildman–Crippen LogP) is 4.27. The summed E-state index contributed by atoms with van der Waals surface area (Å²) in [4.78, 5) is 6.84. The first-order valence-corrected chi connectivity index (χ1v) is 11.0. The van der Waals surface area contributed by atoms with Gasteiger partial charge in [0.05, 0.1) is 5.56 Å². The highest BCUT2D eigenvalue weighted by atomic mass is 19.4. The van der Waals surface area contributed by atoms with Gasteiger partial charge in [0.2, 0.25) is 5.79 Å². The lowest BCUT2D eigenvalue weighted by Gasteiger charge is -2.33. The van der Waals surface area contributed by atoms with Crippen LogP contribution in [0.15, 0.2) is 64.9 Å². The molecule has 0 amide bonds. The summed E-state index contributed by atoms with van der Waals surface area (Å²) in [6.45, 7) is 5.65. The van der Waals surface area contributed by atoms with Crippen molar-refractivity contribution < 1.29 is 17.9 Å². The van der Waals surface area contributed by atoms with E-state index < -0.39 is 17.5 Å². The summed E-state index contributed by atoms with van der Waals surface area (Å²) in [7, 11) is 0. The highest BCUT2D eigenvalue weighted by molar-refractivity contribution is 5.81. The number of alkyl halides is 3. The van der Waals surface area contributed by atoms with Crippen LogP contribution in [0.5, 0.6) is 5.75 Å². The summed E-state index contributed by atoms with van der Waals surface area (Å²) >= 11 is 0. The summed E-state index contributed by atoms with van der Waals surface area (Å²) in [5.41, 5.74) is 7.83. The molecule has 1 fully saturated rings. The Morgan fingerprint density at radius 1 is 1.09 bits per heavy atom. The normalized spacial score (nSPS) is 21.2. The van der Waals surface area contributed by atoms with Crippen LogP contribution in [-0.2, 0) is 12.0 Å². The van der Waals surface area contributed by atoms with Gasteiger partial charge in [-0.15, -0.1) is 0 Å². The average Bonchev–Trinajstić information content (AvgIpc) is 3.30. The highest BCUT2D eigenvalue weighted by Crippen LogP contribution is 2.30. The van der Waals surface area contributed by atoms with Crippen LogP contribution < -0.4 is 21.1 Å². The summed E-state index contributed by atoms with van der Waals surface area (Å²) in [5, 5.41) is 6.27. The molecule has 0 aliphatic carbocycles. The molecule has 2 aliphatic heterocycles. The van der Waals surface area contributed by atoms with Crippen molar-refractivity contribution in [1.82, 2.24) is 10.2 Å². The van der Waals surface area contributed by atoms with Crippen molar-refractivity contribution in [3.05, 3.63) is 71.1 Å². The maximum absolute atomic E-state index is 12.8. The van der Waals surface area contributed by atoms with Crippen LogP contribution in [0.25, 0.3) is 0 Å². The highest BCUT2D eigenvalue weighted by Gasteiger charge is 2.31. The first-order valence-electron chi connectivity index (χ1n) is 11.0. The van der Waals surface area contributed by atoms with Crippen molar-refractivity contribution in [2.45, 2.75) is 31.7 Å². The number of aliphatic imine (C=N–C) groups is 1. The number of hydrogen-bond donors (Lipinski definition) is 3. The van der Waals surface area contributed by atoms with Gasteiger partial charge < -0.3 is 15.4 Å². The second kappa shape index (κ2) is 9.44. The third-order valence-corrected chi connectivity index (χ3v) is 5.82. The summed E-state index contributed by atoms with van der Waals surface area (Å²) in [6, 6.07) is 12.3. The molecule has 1 atom stereocenters. The second-order valence-electron chi connectivity index (χ2n) is 8.33. The van der Waals surface area contributed by atoms with E-state index in [-0.39, 0.29) is 0 Å². The lowest BCUT2D eigenvalue weighted by atomic mass is 10.1. The number of nitrogens with one attached hydrogen (secondary N) is 2. The van der Waals surface area contributed by atoms with Crippen molar-refractivity contribution in [1.29, 1.82) is 0 Å². The Bertz CT molecular complexity index is 1010. The average molecular weight is 460 g/mol. The number of ether oxygens (including phenoxy) is 1. The SMILES string of the molecule is CC1=C(Nc2ccc(C(F)(F)F)cc2)NC(N)(c2ccc(OCCN3CCCC3)cc2)N=C1. The van der Waals surface area contributed by atoms with Crippen molar-refractivity contribution >= 4 is 11.9 Å². The number of nitrogens with zero attached hydrogens (tertiary/aromatic N) is 2. The Hall–Kier alpha value is -3.04. The zero-order chi connectivity index (χ0) is 23.5. The predicted molar refractivity (Wildman–Crippen MR) is 123 cm³/mol. The van der Waals surface area contributed by atoms with Gasteiger partial charge in [0.1, 0.15) is 18.2 Å². The fourth-order valence-electron chi connectivity index (χ4n) is 3.85.